The predicted molar refractivity (Wildman–Crippen MR) is 135 cm³/mol. The summed E-state index contributed by atoms with van der Waals surface area (Å²) >= 11 is 0. The Kier molecular flexibility index (Phi) is 5.93. The van der Waals surface area contributed by atoms with Gasteiger partial charge in [0.1, 0.15) is 5.82 Å². The average Bonchev–Trinajstić information content (AvgIpc) is 3.65. The molecule has 6 rings (SSSR count). The van der Waals surface area contributed by atoms with Gasteiger partial charge in [0, 0.05) is 51.3 Å². The van der Waals surface area contributed by atoms with Crippen molar-refractivity contribution in [3.8, 4) is 17.8 Å². The van der Waals surface area contributed by atoms with E-state index in [0.29, 0.717) is 49.8 Å². The molecule has 0 radical (unpaired) electrons. The second-order valence-corrected chi connectivity index (χ2v) is 9.78. The zero-order valence-corrected chi connectivity index (χ0v) is 20.8. The van der Waals surface area contributed by atoms with E-state index in [9.17, 15) is 10.1 Å². The Morgan fingerprint density at radius 3 is 2.89 bits per heavy atom. The summed E-state index contributed by atoms with van der Waals surface area (Å²) in [6.45, 7) is 8.41. The summed E-state index contributed by atoms with van der Waals surface area (Å²) in [4.78, 5) is 28.6. The number of rotatable bonds is 5. The Balaban J connectivity index is 1.36. The van der Waals surface area contributed by atoms with E-state index >= 15 is 0 Å². The smallest absolute Gasteiger partial charge is 0.285 e. The second-order valence-electron chi connectivity index (χ2n) is 9.78. The molecule has 1 unspecified atom stereocenters. The molecule has 3 aromatic rings. The van der Waals surface area contributed by atoms with E-state index in [2.05, 4.69) is 56.9 Å². The third-order valence-electron chi connectivity index (χ3n) is 7.61. The summed E-state index contributed by atoms with van der Waals surface area (Å²) in [6, 6.07) is 11.0. The Labute approximate surface area is 215 Å². The number of nitrogens with zero attached hydrogens (tertiary/aromatic N) is 8. The van der Waals surface area contributed by atoms with Crippen LogP contribution in [-0.2, 0) is 24.3 Å². The molecule has 1 saturated heterocycles. The van der Waals surface area contributed by atoms with Crippen molar-refractivity contribution in [2.24, 2.45) is 0 Å². The normalized spacial score (nSPS) is 21.0. The van der Waals surface area contributed by atoms with Crippen molar-refractivity contribution in [3.63, 3.8) is 0 Å². The molecule has 2 atom stereocenters. The van der Waals surface area contributed by atoms with Crippen LogP contribution in [0.1, 0.15) is 47.2 Å². The van der Waals surface area contributed by atoms with Gasteiger partial charge in [-0.2, -0.15) is 5.26 Å². The quantitative estimate of drug-likeness (QED) is 0.492. The van der Waals surface area contributed by atoms with E-state index in [4.69, 9.17) is 14.4 Å². The molecule has 0 spiro atoms. The van der Waals surface area contributed by atoms with Crippen LogP contribution in [0.25, 0.3) is 11.7 Å². The van der Waals surface area contributed by atoms with E-state index in [-0.39, 0.29) is 18.4 Å². The highest BCUT2D eigenvalue weighted by Gasteiger charge is 2.37. The summed E-state index contributed by atoms with van der Waals surface area (Å²) in [6.07, 6.45) is 3.71. The maximum atomic E-state index is 12.4. The number of fused-ring (bicyclic) bond motifs is 2. The first-order valence-electron chi connectivity index (χ1n) is 12.6. The number of anilines is 1. The maximum absolute atomic E-state index is 12.4. The summed E-state index contributed by atoms with van der Waals surface area (Å²) in [5.41, 5.74) is 4.85. The van der Waals surface area contributed by atoms with Crippen LogP contribution < -0.4 is 4.90 Å². The predicted octanol–water partition coefficient (Wildman–Crippen LogP) is 2.96. The summed E-state index contributed by atoms with van der Waals surface area (Å²) in [7, 11) is 0. The number of aromatic nitrogens is 4. The molecule has 0 N–H and O–H groups in total. The molecule has 1 aliphatic carbocycles. The Hall–Kier alpha value is -4.10. The molecule has 10 nitrogen and oxygen atoms in total. The minimum absolute atomic E-state index is 0.152. The standard InChI is InChI=1S/C27H28N8O2/c1-3-24(36)35-13-12-33(14-19(35)10-11-28)26-21-15-34(23-9-8-18-6-4-5-7-20(18)23)16-22(21)29-25(30-26)27-32-31-17(2)37-27/h3-7,19,23H,1,8-10,12-16H2,2H3/t19-,23?/m0/s1. The van der Waals surface area contributed by atoms with Gasteiger partial charge in [0.2, 0.25) is 17.6 Å². The van der Waals surface area contributed by atoms with Gasteiger partial charge in [-0.15, -0.1) is 10.2 Å². The molecular formula is C27H28N8O2. The molecule has 188 valence electrons. The largest absolute Gasteiger partial charge is 0.418 e. The van der Waals surface area contributed by atoms with Crippen molar-refractivity contribution in [1.82, 2.24) is 30.0 Å². The van der Waals surface area contributed by atoms with E-state index in [1.807, 2.05) is 0 Å². The van der Waals surface area contributed by atoms with Gasteiger partial charge < -0.3 is 14.2 Å². The summed E-state index contributed by atoms with van der Waals surface area (Å²) < 4.78 is 5.68. The lowest BCUT2D eigenvalue weighted by Gasteiger charge is -2.41. The van der Waals surface area contributed by atoms with Gasteiger partial charge in [-0.3, -0.25) is 9.69 Å². The van der Waals surface area contributed by atoms with Crippen LogP contribution in [0.2, 0.25) is 0 Å². The highest BCUT2D eigenvalue weighted by Crippen LogP contribution is 2.42. The molecule has 0 saturated carbocycles. The summed E-state index contributed by atoms with van der Waals surface area (Å²) in [5, 5.41) is 17.6. The zero-order valence-electron chi connectivity index (χ0n) is 20.8. The van der Waals surface area contributed by atoms with E-state index in [1.165, 1.54) is 17.2 Å². The number of carbonyl (C=O) groups excluding carboxylic acids is 1. The van der Waals surface area contributed by atoms with Crippen LogP contribution in [-0.4, -0.2) is 61.5 Å². The number of hydrogen-bond donors (Lipinski definition) is 0. The van der Waals surface area contributed by atoms with Gasteiger partial charge in [0.25, 0.3) is 5.89 Å². The van der Waals surface area contributed by atoms with Crippen LogP contribution in [0.3, 0.4) is 0 Å². The van der Waals surface area contributed by atoms with Gasteiger partial charge in [-0.05, 0) is 30.0 Å². The fourth-order valence-electron chi connectivity index (χ4n) is 5.87. The van der Waals surface area contributed by atoms with Crippen LogP contribution >= 0.6 is 0 Å². The molecule has 3 aliphatic rings. The van der Waals surface area contributed by atoms with Crippen molar-refractivity contribution in [1.29, 1.82) is 5.26 Å². The minimum atomic E-state index is -0.247. The molecule has 1 fully saturated rings. The highest BCUT2D eigenvalue weighted by molar-refractivity contribution is 5.87. The first-order chi connectivity index (χ1) is 18.1. The number of hydrogen-bond acceptors (Lipinski definition) is 9. The molecule has 1 amide bonds. The van der Waals surface area contributed by atoms with Gasteiger partial charge in [0.15, 0.2) is 0 Å². The molecule has 10 heteroatoms. The zero-order chi connectivity index (χ0) is 25.5. The Morgan fingerprint density at radius 2 is 2.11 bits per heavy atom. The fourth-order valence-corrected chi connectivity index (χ4v) is 5.87. The molecular weight excluding hydrogens is 468 g/mol. The highest BCUT2D eigenvalue weighted by atomic mass is 16.4. The van der Waals surface area contributed by atoms with E-state index in [1.54, 1.807) is 11.8 Å². The van der Waals surface area contributed by atoms with Crippen LogP contribution in [0.15, 0.2) is 41.3 Å². The number of amides is 1. The summed E-state index contributed by atoms with van der Waals surface area (Å²) in [5.74, 6) is 1.82. The number of carbonyl (C=O) groups is 1. The number of benzene rings is 1. The van der Waals surface area contributed by atoms with Crippen LogP contribution in [0.5, 0.6) is 0 Å². The molecule has 1 aromatic carbocycles. The van der Waals surface area contributed by atoms with E-state index < -0.39 is 0 Å². The molecule has 2 aromatic heterocycles. The maximum Gasteiger partial charge on any atom is 0.285 e. The van der Waals surface area contributed by atoms with Crippen molar-refractivity contribution >= 4 is 11.7 Å². The third kappa shape index (κ3) is 4.15. The second kappa shape index (κ2) is 9.41. The fraction of sp³-hybridized carbons (Fsp3) is 0.407. The van der Waals surface area contributed by atoms with Gasteiger partial charge in [0.05, 0.1) is 24.2 Å². The van der Waals surface area contributed by atoms with Gasteiger partial charge in [-0.25, -0.2) is 9.97 Å². The Morgan fingerprint density at radius 1 is 1.24 bits per heavy atom. The first-order valence-corrected chi connectivity index (χ1v) is 12.6. The average molecular weight is 497 g/mol. The molecule has 4 heterocycles. The minimum Gasteiger partial charge on any atom is -0.418 e. The van der Waals surface area contributed by atoms with Crippen molar-refractivity contribution in [3.05, 3.63) is 65.2 Å². The SMILES string of the molecule is C=CC(=O)N1CCN(c2nc(-c3nnc(C)o3)nc3c2CN(C2CCc4ccccc42)C3)C[C@@H]1CC#N. The van der Waals surface area contributed by atoms with Gasteiger partial charge in [-0.1, -0.05) is 30.8 Å². The lowest BCUT2D eigenvalue weighted by atomic mass is 10.1. The molecule has 37 heavy (non-hydrogen) atoms. The van der Waals surface area contributed by atoms with Crippen LogP contribution in [0, 0.1) is 18.3 Å². The van der Waals surface area contributed by atoms with Crippen molar-refractivity contribution in [2.45, 2.75) is 51.4 Å². The van der Waals surface area contributed by atoms with Crippen molar-refractivity contribution < 1.29 is 9.21 Å². The number of piperazine rings is 1. The van der Waals surface area contributed by atoms with Crippen LogP contribution in [0.4, 0.5) is 5.82 Å². The topological polar surface area (TPSA) is 115 Å². The Bertz CT molecular complexity index is 1410. The molecule has 2 aliphatic heterocycles. The van der Waals surface area contributed by atoms with Gasteiger partial charge >= 0.3 is 0 Å². The first kappa shape index (κ1) is 23.3. The van der Waals surface area contributed by atoms with E-state index in [0.717, 1.165) is 36.5 Å². The lowest BCUT2D eigenvalue weighted by molar-refractivity contribution is -0.128. The monoisotopic (exact) mass is 496 g/mol. The number of nitriles is 1. The van der Waals surface area contributed by atoms with Crippen molar-refractivity contribution in [2.75, 3.05) is 24.5 Å². The lowest BCUT2D eigenvalue weighted by Crippen LogP contribution is -2.55. The molecule has 0 bridgehead atoms. The number of aryl methyl sites for hydroxylation is 2. The third-order valence-corrected chi connectivity index (χ3v) is 7.61.